The van der Waals surface area contributed by atoms with Crippen molar-refractivity contribution < 1.29 is 20.4 Å². The van der Waals surface area contributed by atoms with Crippen molar-refractivity contribution in [1.29, 1.82) is 0 Å². The van der Waals surface area contributed by atoms with Crippen molar-refractivity contribution in [2.75, 3.05) is 42.9 Å². The number of rotatable bonds is 12. The summed E-state index contributed by atoms with van der Waals surface area (Å²) in [5.41, 5.74) is 5.16. The number of aliphatic hydroxyl groups excluding tert-OH is 4. The maximum absolute atomic E-state index is 9.27. The smallest absolute Gasteiger partial charge is 0.0682 e. The van der Waals surface area contributed by atoms with E-state index in [2.05, 4.69) is 50.4 Å². The van der Waals surface area contributed by atoms with Crippen molar-refractivity contribution in [3.63, 3.8) is 0 Å². The van der Waals surface area contributed by atoms with Gasteiger partial charge in [-0.2, -0.15) is 0 Å². The first kappa shape index (κ1) is 34.0. The van der Waals surface area contributed by atoms with Gasteiger partial charge in [-0.3, -0.25) is 0 Å². The lowest BCUT2D eigenvalue weighted by atomic mass is 10.1. The Hall–Kier alpha value is -0.980. The van der Waals surface area contributed by atoms with Crippen molar-refractivity contribution in [2.24, 2.45) is 0 Å². The summed E-state index contributed by atoms with van der Waals surface area (Å²) in [7, 11) is 1.83. The lowest BCUT2D eigenvalue weighted by Crippen LogP contribution is -2.39. The summed E-state index contributed by atoms with van der Waals surface area (Å²) in [5.74, 6) is 0. The van der Waals surface area contributed by atoms with Gasteiger partial charge in [-0.15, -0.1) is 18.9 Å². The van der Waals surface area contributed by atoms with Crippen LogP contribution in [-0.4, -0.2) is 62.6 Å². The quantitative estimate of drug-likeness (QED) is 0.258. The summed E-state index contributed by atoms with van der Waals surface area (Å²) < 4.78 is 0.0998. The number of anilines is 2. The van der Waals surface area contributed by atoms with E-state index in [1.807, 2.05) is 37.4 Å². The van der Waals surface area contributed by atoms with Crippen LogP contribution in [0.4, 0.5) is 11.4 Å². The second kappa shape index (κ2) is 15.6. The highest BCUT2D eigenvalue weighted by Crippen LogP contribution is 2.23. The second-order valence-corrected chi connectivity index (χ2v) is 17.3. The second-order valence-electron chi connectivity index (χ2n) is 10.3. The third-order valence-corrected chi connectivity index (χ3v) is 12.2. The van der Waals surface area contributed by atoms with Gasteiger partial charge in [0, 0.05) is 41.0 Å². The van der Waals surface area contributed by atoms with E-state index in [0.29, 0.717) is 0 Å². The molecule has 2 rings (SSSR count). The highest BCUT2D eigenvalue weighted by atomic mass is 32.8. The molecule has 210 valence electrons. The summed E-state index contributed by atoms with van der Waals surface area (Å²) >= 11 is 10.7. The van der Waals surface area contributed by atoms with Crippen molar-refractivity contribution >= 4 is 52.7 Å². The standard InChI is InChI=1S/C14H23NO2S2.C13H21NO2S2/c1-14(2,19(4)18)10-15(3)13-6-11(8-16)5-12(7-13)9-17;1-13(2,18(3)17)9-14-12-5-10(7-15)4-11(6-12)8-16/h5-7,16-17H,8-10H2,1-4H3;4-6,14-16H,7-9H2,1-3H3. The highest BCUT2D eigenvalue weighted by Gasteiger charge is 2.22. The summed E-state index contributed by atoms with van der Waals surface area (Å²) in [6.45, 7) is 10.2. The molecule has 37 heavy (non-hydrogen) atoms. The summed E-state index contributed by atoms with van der Waals surface area (Å²) in [6, 6.07) is 11.3. The Bertz CT molecular complexity index is 1020. The van der Waals surface area contributed by atoms with E-state index in [4.69, 9.17) is 22.4 Å². The molecule has 0 saturated heterocycles. The van der Waals surface area contributed by atoms with E-state index in [-0.39, 0.29) is 54.8 Å². The van der Waals surface area contributed by atoms with Gasteiger partial charge in [0.2, 0.25) is 0 Å². The topological polar surface area (TPSA) is 96.2 Å². The third kappa shape index (κ3) is 11.3. The van der Waals surface area contributed by atoms with E-state index in [0.717, 1.165) is 46.7 Å². The van der Waals surface area contributed by atoms with Gasteiger partial charge < -0.3 is 30.6 Å². The predicted molar refractivity (Wildman–Crippen MR) is 168 cm³/mol. The Balaban J connectivity index is 0.000000371. The zero-order valence-corrected chi connectivity index (χ0v) is 26.3. The molecule has 2 atom stereocenters. The Kier molecular flexibility index (Phi) is 14.3. The number of nitrogens with zero attached hydrogens (tertiary/aromatic N) is 1. The van der Waals surface area contributed by atoms with Gasteiger partial charge in [0.05, 0.1) is 26.4 Å². The molecular weight excluding hydrogens is 545 g/mol. The molecule has 2 unspecified atom stereocenters. The van der Waals surface area contributed by atoms with Crippen molar-refractivity contribution in [3.8, 4) is 0 Å². The molecular formula is C27H44N2O4S4. The van der Waals surface area contributed by atoms with Gasteiger partial charge in [0.1, 0.15) is 0 Å². The summed E-state index contributed by atoms with van der Waals surface area (Å²) in [4.78, 5) is 2.13. The van der Waals surface area contributed by atoms with Crippen LogP contribution < -0.4 is 10.2 Å². The van der Waals surface area contributed by atoms with Gasteiger partial charge in [-0.25, -0.2) is 0 Å². The van der Waals surface area contributed by atoms with E-state index >= 15 is 0 Å². The van der Waals surface area contributed by atoms with Gasteiger partial charge in [-0.1, -0.05) is 34.5 Å². The van der Waals surface area contributed by atoms with Gasteiger partial charge in [0.25, 0.3) is 0 Å². The van der Waals surface area contributed by atoms with Crippen LogP contribution in [0.3, 0.4) is 0 Å². The third-order valence-electron chi connectivity index (χ3n) is 6.15. The van der Waals surface area contributed by atoms with Crippen LogP contribution in [0.5, 0.6) is 0 Å². The lowest BCUT2D eigenvalue weighted by Gasteiger charge is -2.32. The Morgan fingerprint density at radius 3 is 1.43 bits per heavy atom. The van der Waals surface area contributed by atoms with Crippen molar-refractivity contribution in [1.82, 2.24) is 0 Å². The molecule has 0 fully saturated rings. The normalized spacial score (nSPS) is 13.4. The summed E-state index contributed by atoms with van der Waals surface area (Å²) in [5, 5.41) is 40.2. The van der Waals surface area contributed by atoms with Gasteiger partial charge in [0.15, 0.2) is 0 Å². The molecule has 2 aromatic rings. The van der Waals surface area contributed by atoms with Crippen LogP contribution in [0, 0.1) is 0 Å². The van der Waals surface area contributed by atoms with Crippen molar-refractivity contribution in [3.05, 3.63) is 58.7 Å². The van der Waals surface area contributed by atoms with Crippen LogP contribution in [0.2, 0.25) is 0 Å². The number of benzene rings is 2. The molecule has 0 aromatic heterocycles. The fourth-order valence-electron chi connectivity index (χ4n) is 3.36. The molecule has 5 N–H and O–H groups in total. The zero-order chi connectivity index (χ0) is 28.4. The van der Waals surface area contributed by atoms with Gasteiger partial charge >= 0.3 is 0 Å². The zero-order valence-electron chi connectivity index (χ0n) is 23.1. The van der Waals surface area contributed by atoms with E-state index < -0.39 is 0 Å². The van der Waals surface area contributed by atoms with Crippen LogP contribution in [0.25, 0.3) is 0 Å². The van der Waals surface area contributed by atoms with Gasteiger partial charge in [-0.05, 0) is 86.7 Å². The first-order valence-corrected chi connectivity index (χ1v) is 17.1. The average Bonchev–Trinajstić information content (AvgIpc) is 2.86. The number of hydrogen-bond acceptors (Lipinski definition) is 8. The average molecular weight is 589 g/mol. The Labute approximate surface area is 237 Å². The van der Waals surface area contributed by atoms with Crippen LogP contribution in [0.15, 0.2) is 36.4 Å². The fraction of sp³-hybridized carbons (Fsp3) is 0.556. The van der Waals surface area contributed by atoms with Crippen molar-refractivity contribution in [2.45, 2.75) is 63.6 Å². The molecule has 0 radical (unpaired) electrons. The lowest BCUT2D eigenvalue weighted by molar-refractivity contribution is 0.275. The predicted octanol–water partition coefficient (Wildman–Crippen LogP) is 3.17. The molecule has 0 aliphatic heterocycles. The molecule has 0 bridgehead atoms. The first-order valence-electron chi connectivity index (χ1n) is 12.0. The molecule has 0 aliphatic carbocycles. The van der Waals surface area contributed by atoms with Crippen LogP contribution >= 0.6 is 0 Å². The minimum absolute atomic E-state index is 0.0166. The van der Waals surface area contributed by atoms with E-state index in [1.54, 1.807) is 6.07 Å². The van der Waals surface area contributed by atoms with Crippen LogP contribution in [-0.2, 0) is 67.7 Å². The molecule has 6 nitrogen and oxygen atoms in total. The largest absolute Gasteiger partial charge is 0.392 e. The van der Waals surface area contributed by atoms with Crippen LogP contribution in [0.1, 0.15) is 49.9 Å². The molecule has 2 aromatic carbocycles. The maximum Gasteiger partial charge on any atom is 0.0682 e. The molecule has 0 heterocycles. The number of hydrogen-bond donors (Lipinski definition) is 5. The number of aliphatic hydroxyl groups is 4. The fourth-order valence-corrected chi connectivity index (χ4v) is 4.35. The highest BCUT2D eigenvalue weighted by molar-refractivity contribution is 8.29. The Morgan fingerprint density at radius 1 is 0.703 bits per heavy atom. The molecule has 0 aliphatic rings. The minimum atomic E-state index is -0.0918. The Morgan fingerprint density at radius 2 is 1.08 bits per heavy atom. The maximum atomic E-state index is 9.27. The first-order chi connectivity index (χ1) is 17.2. The number of nitrogens with one attached hydrogen (secondary N) is 1. The SMILES string of the molecule is CN(CC(C)(C)S(C)=S)c1cc(CO)cc(CO)c1.CS(=S)C(C)(C)CNc1cc(CO)cc(CO)c1. The molecule has 10 heteroatoms. The molecule has 0 spiro atoms. The minimum Gasteiger partial charge on any atom is -0.392 e. The molecule has 0 saturated carbocycles. The monoisotopic (exact) mass is 588 g/mol. The van der Waals surface area contributed by atoms with E-state index in [9.17, 15) is 20.4 Å². The van der Waals surface area contributed by atoms with E-state index in [1.165, 1.54) is 0 Å². The molecule has 0 amide bonds. The summed E-state index contributed by atoms with van der Waals surface area (Å²) in [6.07, 6.45) is 4.13.